The molecule has 1 aliphatic heterocycles. The predicted octanol–water partition coefficient (Wildman–Crippen LogP) is 1.18. The number of nitrogens with zero attached hydrogens (tertiary/aromatic N) is 2. The number of allylic oxidation sites excluding steroid dienone is 2. The second kappa shape index (κ2) is 6.97. The molecule has 1 amide bonds. The van der Waals surface area contributed by atoms with Gasteiger partial charge in [0.2, 0.25) is 15.9 Å². The third-order valence-corrected chi connectivity index (χ3v) is 7.94. The van der Waals surface area contributed by atoms with Gasteiger partial charge in [-0.3, -0.25) is 9.59 Å². The Morgan fingerprint density at radius 2 is 1.54 bits per heavy atom. The van der Waals surface area contributed by atoms with Crippen LogP contribution in [0.25, 0.3) is 0 Å². The lowest BCUT2D eigenvalue weighted by Crippen LogP contribution is -2.53. The van der Waals surface area contributed by atoms with E-state index in [2.05, 4.69) is 0 Å². The first-order valence-electron chi connectivity index (χ1n) is 9.24. The number of carbonyl (C=O) groups is 2. The summed E-state index contributed by atoms with van der Waals surface area (Å²) in [5.74, 6) is -3.11. The number of sulfonamides is 1. The van der Waals surface area contributed by atoms with Crippen LogP contribution in [0.2, 0.25) is 0 Å². The molecule has 1 heterocycles. The molecule has 1 saturated carbocycles. The summed E-state index contributed by atoms with van der Waals surface area (Å²) in [7, 11) is -3.76. The van der Waals surface area contributed by atoms with Crippen LogP contribution in [0.1, 0.15) is 6.42 Å². The average Bonchev–Trinajstić information content (AvgIpc) is 3.29. The van der Waals surface area contributed by atoms with E-state index in [1.807, 2.05) is 12.2 Å². The molecule has 0 spiro atoms. The lowest BCUT2D eigenvalue weighted by molar-refractivity contribution is -0.151. The van der Waals surface area contributed by atoms with Crippen molar-refractivity contribution < 1.29 is 27.5 Å². The Labute approximate surface area is 162 Å². The molecule has 0 aromatic heterocycles. The molecule has 1 saturated heterocycles. The number of benzene rings is 1. The van der Waals surface area contributed by atoms with Crippen molar-refractivity contribution in [3.63, 3.8) is 0 Å². The van der Waals surface area contributed by atoms with Crippen LogP contribution in [0.15, 0.2) is 41.3 Å². The Kier molecular flexibility index (Phi) is 4.75. The molecule has 2 bridgehead atoms. The number of amides is 1. The second-order valence-corrected chi connectivity index (χ2v) is 9.46. The van der Waals surface area contributed by atoms with Crippen LogP contribution in [0.3, 0.4) is 0 Å². The number of carboxylic acid groups (broad SMARTS) is 1. The summed E-state index contributed by atoms with van der Waals surface area (Å²) >= 11 is 0. The van der Waals surface area contributed by atoms with Crippen LogP contribution in [0, 0.1) is 29.5 Å². The summed E-state index contributed by atoms with van der Waals surface area (Å²) in [6.45, 7) is 0.673. The van der Waals surface area contributed by atoms with E-state index in [1.165, 1.54) is 16.4 Å². The number of hydrogen-bond donors (Lipinski definition) is 1. The number of hydrogen-bond acceptors (Lipinski definition) is 4. The number of rotatable bonds is 4. The molecule has 28 heavy (non-hydrogen) atoms. The first-order valence-corrected chi connectivity index (χ1v) is 10.7. The Hall–Kier alpha value is -2.26. The Balaban J connectivity index is 1.44. The molecule has 9 heteroatoms. The zero-order chi connectivity index (χ0) is 20.1. The van der Waals surface area contributed by atoms with Crippen molar-refractivity contribution in [1.82, 2.24) is 9.21 Å². The highest BCUT2D eigenvalue weighted by Gasteiger charge is 2.52. The Morgan fingerprint density at radius 3 is 2.11 bits per heavy atom. The molecule has 0 unspecified atom stereocenters. The lowest BCUT2D eigenvalue weighted by atomic mass is 9.82. The van der Waals surface area contributed by atoms with E-state index in [-0.39, 0.29) is 48.8 Å². The van der Waals surface area contributed by atoms with Crippen molar-refractivity contribution in [2.45, 2.75) is 11.3 Å². The lowest BCUT2D eigenvalue weighted by Gasteiger charge is -2.37. The van der Waals surface area contributed by atoms with Crippen LogP contribution in [0.4, 0.5) is 4.39 Å². The van der Waals surface area contributed by atoms with E-state index >= 15 is 0 Å². The van der Waals surface area contributed by atoms with Gasteiger partial charge >= 0.3 is 5.97 Å². The first-order chi connectivity index (χ1) is 13.3. The number of piperazine rings is 1. The molecule has 0 radical (unpaired) electrons. The van der Waals surface area contributed by atoms with E-state index in [0.29, 0.717) is 6.42 Å². The average molecular weight is 408 g/mol. The van der Waals surface area contributed by atoms with Crippen LogP contribution in [-0.2, 0) is 19.6 Å². The van der Waals surface area contributed by atoms with Gasteiger partial charge in [0.1, 0.15) is 5.82 Å². The normalized spacial score (nSPS) is 30.0. The minimum Gasteiger partial charge on any atom is -0.481 e. The van der Waals surface area contributed by atoms with Crippen LogP contribution < -0.4 is 0 Å². The number of fused-ring (bicyclic) bond motifs is 2. The van der Waals surface area contributed by atoms with Gasteiger partial charge in [0, 0.05) is 26.2 Å². The number of aliphatic carboxylic acids is 1. The third-order valence-electron chi connectivity index (χ3n) is 6.03. The molecule has 1 N–H and O–H groups in total. The van der Waals surface area contributed by atoms with Gasteiger partial charge in [0.25, 0.3) is 0 Å². The zero-order valence-electron chi connectivity index (χ0n) is 15.1. The van der Waals surface area contributed by atoms with E-state index in [4.69, 9.17) is 0 Å². The van der Waals surface area contributed by atoms with E-state index in [1.54, 1.807) is 4.90 Å². The molecule has 3 aliphatic rings. The molecular formula is C19H21FN2O5S. The van der Waals surface area contributed by atoms with E-state index in [9.17, 15) is 27.5 Å². The number of carboxylic acids is 1. The standard InChI is InChI=1S/C19H21FN2O5S/c20-14-3-5-15(6-4-14)28(26,27)22-9-7-21(8-10-22)18(23)16-12-1-2-13(11-12)17(16)19(24)25/h1-6,12-13,16-17H,7-11H2,(H,24,25)/t12-,13+,16+,17+/m1/s1. The summed E-state index contributed by atoms with van der Waals surface area (Å²) in [6.07, 6.45) is 4.51. The fourth-order valence-corrected chi connectivity index (χ4v) is 6.03. The third kappa shape index (κ3) is 3.12. The van der Waals surface area contributed by atoms with Gasteiger partial charge < -0.3 is 10.0 Å². The van der Waals surface area contributed by atoms with E-state index in [0.717, 1.165) is 12.1 Å². The number of halogens is 1. The predicted molar refractivity (Wildman–Crippen MR) is 97.1 cm³/mol. The first kappa shape index (κ1) is 19.1. The monoisotopic (exact) mass is 408 g/mol. The van der Waals surface area contributed by atoms with E-state index < -0.39 is 33.6 Å². The summed E-state index contributed by atoms with van der Waals surface area (Å²) in [4.78, 5) is 26.2. The molecule has 1 aromatic rings. The van der Waals surface area contributed by atoms with Crippen molar-refractivity contribution in [3.05, 3.63) is 42.2 Å². The van der Waals surface area contributed by atoms with Gasteiger partial charge in [-0.05, 0) is 42.5 Å². The van der Waals surface area contributed by atoms with Gasteiger partial charge in [-0.15, -0.1) is 0 Å². The largest absolute Gasteiger partial charge is 0.481 e. The maximum absolute atomic E-state index is 13.1. The van der Waals surface area contributed by atoms with Crippen molar-refractivity contribution in [3.8, 4) is 0 Å². The van der Waals surface area contributed by atoms with Crippen LogP contribution in [-0.4, -0.2) is 60.8 Å². The Morgan fingerprint density at radius 1 is 0.964 bits per heavy atom. The highest BCUT2D eigenvalue weighted by Crippen LogP contribution is 2.48. The molecule has 1 aromatic carbocycles. The summed E-state index contributed by atoms with van der Waals surface area (Å²) in [6, 6.07) is 4.64. The maximum atomic E-state index is 13.1. The van der Waals surface area contributed by atoms with Gasteiger partial charge in [-0.1, -0.05) is 12.2 Å². The van der Waals surface area contributed by atoms with Crippen molar-refractivity contribution in [2.24, 2.45) is 23.7 Å². The molecule has 7 nitrogen and oxygen atoms in total. The maximum Gasteiger partial charge on any atom is 0.307 e. The molecule has 4 rings (SSSR count). The van der Waals surface area contributed by atoms with Crippen molar-refractivity contribution in [1.29, 1.82) is 0 Å². The molecule has 2 aliphatic carbocycles. The van der Waals surface area contributed by atoms with Gasteiger partial charge in [0.05, 0.1) is 16.7 Å². The second-order valence-electron chi connectivity index (χ2n) is 7.52. The molecule has 150 valence electrons. The Bertz CT molecular complexity index is 922. The minimum absolute atomic E-state index is 0.0119. The van der Waals surface area contributed by atoms with Crippen molar-refractivity contribution in [2.75, 3.05) is 26.2 Å². The molecule has 2 fully saturated rings. The van der Waals surface area contributed by atoms with Gasteiger partial charge in [-0.25, -0.2) is 12.8 Å². The van der Waals surface area contributed by atoms with Crippen LogP contribution >= 0.6 is 0 Å². The fourth-order valence-electron chi connectivity index (χ4n) is 4.61. The fraction of sp³-hybridized carbons (Fsp3) is 0.474. The highest BCUT2D eigenvalue weighted by molar-refractivity contribution is 7.89. The zero-order valence-corrected chi connectivity index (χ0v) is 15.9. The SMILES string of the molecule is O=C(O)[C@@H]1[C@@H](C(=O)N2CCN(S(=O)(=O)c3ccc(F)cc3)CC2)[C@@H]2C=C[C@H]1C2. The minimum atomic E-state index is -3.76. The highest BCUT2D eigenvalue weighted by atomic mass is 32.2. The van der Waals surface area contributed by atoms with Gasteiger partial charge in [-0.2, -0.15) is 4.31 Å². The molecular weight excluding hydrogens is 387 g/mol. The van der Waals surface area contributed by atoms with Crippen LogP contribution in [0.5, 0.6) is 0 Å². The quantitative estimate of drug-likeness (QED) is 0.755. The summed E-state index contributed by atoms with van der Waals surface area (Å²) in [5, 5.41) is 9.53. The smallest absolute Gasteiger partial charge is 0.307 e. The van der Waals surface area contributed by atoms with Crippen molar-refractivity contribution >= 4 is 21.9 Å². The van der Waals surface area contributed by atoms with Gasteiger partial charge in [0.15, 0.2) is 0 Å². The summed E-state index contributed by atoms with van der Waals surface area (Å²) < 4.78 is 39.7. The number of carbonyl (C=O) groups excluding carboxylic acids is 1. The topological polar surface area (TPSA) is 95.0 Å². The summed E-state index contributed by atoms with van der Waals surface area (Å²) in [5.41, 5.74) is 0. The molecule has 4 atom stereocenters.